The van der Waals surface area contributed by atoms with Crippen molar-refractivity contribution < 1.29 is 4.74 Å². The highest BCUT2D eigenvalue weighted by molar-refractivity contribution is 7.95. The number of aryl methyl sites for hydroxylation is 1. The molecule has 0 saturated heterocycles. The maximum absolute atomic E-state index is 6.48. The van der Waals surface area contributed by atoms with Crippen LogP contribution in [-0.2, 0) is 0 Å². The van der Waals surface area contributed by atoms with Crippen LogP contribution in [0.25, 0.3) is 5.70 Å². The van der Waals surface area contributed by atoms with Crippen LogP contribution in [0.2, 0.25) is 0 Å². The van der Waals surface area contributed by atoms with E-state index in [1.54, 1.807) is 17.1 Å². The molecule has 2 aliphatic rings. The van der Waals surface area contributed by atoms with Crippen molar-refractivity contribution in [2.45, 2.75) is 70.8 Å². The first-order chi connectivity index (χ1) is 14.9. The summed E-state index contributed by atoms with van der Waals surface area (Å²) in [4.78, 5) is 4.72. The molecule has 7 nitrogen and oxygen atoms in total. The van der Waals surface area contributed by atoms with E-state index in [9.17, 15) is 0 Å². The molecule has 31 heavy (non-hydrogen) atoms. The maximum Gasteiger partial charge on any atom is 0.140 e. The first kappa shape index (κ1) is 24.2. The average molecular weight is 449 g/mol. The third-order valence-corrected chi connectivity index (χ3v) is 7.08. The Labute approximate surface area is 192 Å². The molecule has 3 rings (SSSR count). The lowest BCUT2D eigenvalue weighted by molar-refractivity contribution is 0.153. The van der Waals surface area contributed by atoms with E-state index in [1.165, 1.54) is 44.9 Å². The molecular weight excluding hydrogens is 408 g/mol. The molecule has 0 radical (unpaired) electrons. The monoisotopic (exact) mass is 448 g/mol. The minimum atomic E-state index is 0.307. The third kappa shape index (κ3) is 7.27. The number of hydrogen-bond acceptors (Lipinski definition) is 8. The van der Waals surface area contributed by atoms with Gasteiger partial charge in [0.05, 0.1) is 35.4 Å². The highest BCUT2D eigenvalue weighted by Crippen LogP contribution is 2.27. The fraction of sp³-hybridized carbons (Fsp3) is 0.696. The second-order valence-electron chi connectivity index (χ2n) is 9.00. The minimum Gasteiger partial charge on any atom is -0.489 e. The van der Waals surface area contributed by atoms with Crippen molar-refractivity contribution in [3.8, 4) is 5.75 Å². The van der Waals surface area contributed by atoms with Crippen LogP contribution in [0.5, 0.6) is 5.75 Å². The van der Waals surface area contributed by atoms with Gasteiger partial charge in [-0.3, -0.25) is 0 Å². The molecule has 1 aromatic heterocycles. The van der Waals surface area contributed by atoms with Crippen LogP contribution in [-0.4, -0.2) is 47.6 Å². The van der Waals surface area contributed by atoms with Gasteiger partial charge in [0.15, 0.2) is 0 Å². The first-order valence-electron chi connectivity index (χ1n) is 11.7. The van der Waals surface area contributed by atoms with Gasteiger partial charge in [0.25, 0.3) is 0 Å². The molecule has 0 aromatic carbocycles. The second-order valence-corrected chi connectivity index (χ2v) is 10.1. The highest BCUT2D eigenvalue weighted by Gasteiger charge is 2.19. The van der Waals surface area contributed by atoms with Gasteiger partial charge >= 0.3 is 0 Å². The Hall–Kier alpha value is -1.48. The Morgan fingerprint density at radius 3 is 2.45 bits per heavy atom. The molecule has 2 fully saturated rings. The summed E-state index contributed by atoms with van der Waals surface area (Å²) in [6.45, 7) is 3.64. The van der Waals surface area contributed by atoms with Crippen molar-refractivity contribution in [1.82, 2.24) is 19.0 Å². The standard InChI is InChI=1S/C23H40N6OS/c1-17-22(30-19-11-5-4-6-12-19)14-13-20(27-17)23(24)21(29(3)25)15-26-31-28(2)16-18-9-7-8-10-18/h13-14,18-19,26H,4-12,15-16,24-25H2,1-3H3/b23-21-. The summed E-state index contributed by atoms with van der Waals surface area (Å²) in [5.74, 6) is 7.77. The lowest BCUT2D eigenvalue weighted by atomic mass is 9.98. The molecule has 0 aliphatic heterocycles. The van der Waals surface area contributed by atoms with Crippen molar-refractivity contribution >= 4 is 17.8 Å². The molecule has 0 atom stereocenters. The van der Waals surface area contributed by atoms with Crippen molar-refractivity contribution in [3.05, 3.63) is 29.2 Å². The van der Waals surface area contributed by atoms with E-state index in [2.05, 4.69) is 16.1 Å². The molecule has 174 valence electrons. The van der Waals surface area contributed by atoms with Gasteiger partial charge in [0.1, 0.15) is 5.75 Å². The molecule has 1 heterocycles. The number of pyridine rings is 1. The normalized spacial score (nSPS) is 19.0. The fourth-order valence-electron chi connectivity index (χ4n) is 4.55. The molecule has 0 amide bonds. The number of likely N-dealkylation sites (N-methyl/N-ethyl adjacent to an activating group) is 1. The van der Waals surface area contributed by atoms with Crippen LogP contribution >= 0.6 is 12.1 Å². The van der Waals surface area contributed by atoms with E-state index >= 15 is 0 Å². The number of rotatable bonds is 10. The Morgan fingerprint density at radius 2 is 1.81 bits per heavy atom. The fourth-order valence-corrected chi connectivity index (χ4v) is 5.25. The predicted octanol–water partition coefficient (Wildman–Crippen LogP) is 3.81. The molecule has 1 aromatic rings. The van der Waals surface area contributed by atoms with Gasteiger partial charge < -0.3 is 15.5 Å². The van der Waals surface area contributed by atoms with E-state index in [0.717, 1.165) is 48.1 Å². The maximum atomic E-state index is 6.48. The molecule has 5 N–H and O–H groups in total. The van der Waals surface area contributed by atoms with Gasteiger partial charge in [-0.25, -0.2) is 19.9 Å². The molecule has 2 saturated carbocycles. The molecule has 0 bridgehead atoms. The summed E-state index contributed by atoms with van der Waals surface area (Å²) in [7, 11) is 3.94. The van der Waals surface area contributed by atoms with Gasteiger partial charge in [-0.1, -0.05) is 19.3 Å². The van der Waals surface area contributed by atoms with Crippen LogP contribution < -0.4 is 21.0 Å². The summed E-state index contributed by atoms with van der Waals surface area (Å²) in [5, 5.41) is 1.57. The molecule has 2 aliphatic carbocycles. The Kier molecular flexibility index (Phi) is 9.31. The van der Waals surface area contributed by atoms with Crippen molar-refractivity contribution in [3.63, 3.8) is 0 Å². The Morgan fingerprint density at radius 1 is 1.13 bits per heavy atom. The van der Waals surface area contributed by atoms with Crippen LogP contribution in [0.15, 0.2) is 17.8 Å². The summed E-state index contributed by atoms with van der Waals surface area (Å²) in [5.41, 5.74) is 9.48. The molecular formula is C23H40N6OS. The topological polar surface area (TPSA) is 92.7 Å². The van der Waals surface area contributed by atoms with Gasteiger partial charge in [0.2, 0.25) is 0 Å². The lowest BCUT2D eigenvalue weighted by Crippen LogP contribution is -2.34. The highest BCUT2D eigenvalue weighted by atomic mass is 32.2. The number of hydrogen-bond donors (Lipinski definition) is 3. The average Bonchev–Trinajstić information content (AvgIpc) is 3.25. The van der Waals surface area contributed by atoms with Crippen LogP contribution in [0.4, 0.5) is 0 Å². The minimum absolute atomic E-state index is 0.307. The number of nitrogens with two attached hydrogens (primary N) is 2. The number of nitrogens with one attached hydrogen (secondary N) is 1. The zero-order chi connectivity index (χ0) is 22.2. The van der Waals surface area contributed by atoms with E-state index in [4.69, 9.17) is 21.3 Å². The molecule has 0 spiro atoms. The van der Waals surface area contributed by atoms with Gasteiger partial charge in [-0.2, -0.15) is 0 Å². The smallest absolute Gasteiger partial charge is 0.140 e. The Balaban J connectivity index is 1.59. The third-order valence-electron chi connectivity index (χ3n) is 6.35. The zero-order valence-corrected chi connectivity index (χ0v) is 20.2. The second kappa shape index (κ2) is 11.9. The summed E-state index contributed by atoms with van der Waals surface area (Å²) in [6.07, 6.45) is 11.8. The van der Waals surface area contributed by atoms with Crippen molar-refractivity contribution in [2.75, 3.05) is 27.2 Å². The number of hydrazine groups is 1. The zero-order valence-electron chi connectivity index (χ0n) is 19.4. The molecule has 8 heteroatoms. The molecule has 0 unspecified atom stereocenters. The number of ether oxygens (including phenoxy) is 1. The van der Waals surface area contributed by atoms with E-state index in [-0.39, 0.29) is 0 Å². The van der Waals surface area contributed by atoms with Crippen LogP contribution in [0.1, 0.15) is 69.2 Å². The SMILES string of the molecule is Cc1nc(/C(N)=C(\CNSN(C)CC2CCCC2)N(C)N)ccc1OC1CCCCC1. The largest absolute Gasteiger partial charge is 0.489 e. The van der Waals surface area contributed by atoms with Gasteiger partial charge in [-0.05, 0) is 70.5 Å². The van der Waals surface area contributed by atoms with Crippen LogP contribution in [0.3, 0.4) is 0 Å². The van der Waals surface area contributed by atoms with E-state index < -0.39 is 0 Å². The van der Waals surface area contributed by atoms with Crippen LogP contribution in [0, 0.1) is 12.8 Å². The number of nitrogens with zero attached hydrogens (tertiary/aromatic N) is 3. The quantitative estimate of drug-likeness (QED) is 0.283. The van der Waals surface area contributed by atoms with E-state index in [0.29, 0.717) is 18.3 Å². The van der Waals surface area contributed by atoms with E-state index in [1.807, 2.05) is 26.1 Å². The summed E-state index contributed by atoms with van der Waals surface area (Å²) < 4.78 is 11.9. The summed E-state index contributed by atoms with van der Waals surface area (Å²) in [6, 6.07) is 3.92. The number of aromatic nitrogens is 1. The summed E-state index contributed by atoms with van der Waals surface area (Å²) >= 11 is 1.62. The van der Waals surface area contributed by atoms with Crippen molar-refractivity contribution in [1.29, 1.82) is 0 Å². The predicted molar refractivity (Wildman–Crippen MR) is 130 cm³/mol. The van der Waals surface area contributed by atoms with Gasteiger partial charge in [0, 0.05) is 25.7 Å². The first-order valence-corrected chi connectivity index (χ1v) is 12.4. The van der Waals surface area contributed by atoms with Gasteiger partial charge in [-0.15, -0.1) is 0 Å². The Bertz CT molecular complexity index is 729. The van der Waals surface area contributed by atoms with Crippen molar-refractivity contribution in [2.24, 2.45) is 17.5 Å². The lowest BCUT2D eigenvalue weighted by Gasteiger charge is -2.24.